The predicted molar refractivity (Wildman–Crippen MR) is 162 cm³/mol. The number of esters is 1. The fourth-order valence-corrected chi connectivity index (χ4v) is 5.60. The van der Waals surface area contributed by atoms with Crippen LogP contribution < -0.4 is 10.1 Å². The molecule has 1 fully saturated rings. The van der Waals surface area contributed by atoms with Crippen molar-refractivity contribution in [2.24, 2.45) is 0 Å². The summed E-state index contributed by atoms with van der Waals surface area (Å²) >= 11 is 12.5. The van der Waals surface area contributed by atoms with Crippen LogP contribution in [0, 0.1) is 13.8 Å². The van der Waals surface area contributed by atoms with E-state index >= 15 is 0 Å². The molecule has 1 aliphatic rings. The van der Waals surface area contributed by atoms with Crippen molar-refractivity contribution in [2.75, 3.05) is 11.9 Å². The molecule has 0 aromatic heterocycles. The van der Waals surface area contributed by atoms with E-state index in [1.54, 1.807) is 31.2 Å². The van der Waals surface area contributed by atoms with E-state index in [9.17, 15) is 14.7 Å². The number of carbonyl (C=O) groups excluding carboxylic acids is 2. The summed E-state index contributed by atoms with van der Waals surface area (Å²) in [6.07, 6.45) is 5.83. The summed E-state index contributed by atoms with van der Waals surface area (Å²) in [5.41, 5.74) is 3.87. The van der Waals surface area contributed by atoms with Crippen LogP contribution in [0.3, 0.4) is 0 Å². The van der Waals surface area contributed by atoms with Crippen LogP contribution in [-0.4, -0.2) is 34.5 Å². The average molecular weight is 600 g/mol. The van der Waals surface area contributed by atoms with Crippen LogP contribution in [0.5, 0.6) is 17.2 Å². The van der Waals surface area contributed by atoms with Gasteiger partial charge in [0.1, 0.15) is 17.2 Å². The molecule has 4 rings (SSSR count). The Balaban J connectivity index is 1.54. The number of phenolic OH excluding ortho intramolecular Hbond substituents is 1. The van der Waals surface area contributed by atoms with E-state index in [0.717, 1.165) is 35.1 Å². The Labute approximate surface area is 251 Å². The zero-order chi connectivity index (χ0) is 29.5. The summed E-state index contributed by atoms with van der Waals surface area (Å²) in [4.78, 5) is 26.2. The predicted octanol–water partition coefficient (Wildman–Crippen LogP) is 7.94. The van der Waals surface area contributed by atoms with Gasteiger partial charge in [-0.25, -0.2) is 4.79 Å². The molecule has 0 radical (unpaired) electrons. The van der Waals surface area contributed by atoms with Gasteiger partial charge >= 0.3 is 11.9 Å². The molecule has 3 aromatic rings. The molecule has 218 valence electrons. The Morgan fingerprint density at radius 1 is 0.951 bits per heavy atom. The van der Waals surface area contributed by atoms with Gasteiger partial charge in [0.05, 0.1) is 16.7 Å². The van der Waals surface area contributed by atoms with Gasteiger partial charge in [-0.05, 0) is 92.8 Å². The number of nitrogens with one attached hydrogen (secondary N) is 1. The van der Waals surface area contributed by atoms with E-state index in [2.05, 4.69) is 10.2 Å². The SMILES string of the molecule is CCOC(=O)C(=O)Nc1cc(C)c(Oc2ccc(O)c(CN(Cc3ccc(Cl)c(Cl)c3)C3CCCCC3)c2)c(C)c1. The number of carbonyl (C=O) groups is 2. The van der Waals surface area contributed by atoms with Crippen LogP contribution >= 0.6 is 23.2 Å². The third-order valence-corrected chi connectivity index (χ3v) is 8.02. The topological polar surface area (TPSA) is 88.1 Å². The molecule has 0 atom stereocenters. The molecule has 1 saturated carbocycles. The van der Waals surface area contributed by atoms with Gasteiger partial charge in [0.2, 0.25) is 0 Å². The maximum absolute atomic E-state index is 12.1. The number of hydrogen-bond donors (Lipinski definition) is 2. The first-order chi connectivity index (χ1) is 19.6. The Bertz CT molecular complexity index is 1380. The van der Waals surface area contributed by atoms with E-state index in [1.165, 1.54) is 19.3 Å². The second kappa shape index (κ2) is 14.1. The number of ether oxygens (including phenoxy) is 2. The van der Waals surface area contributed by atoms with Crippen molar-refractivity contribution in [3.05, 3.63) is 80.8 Å². The Kier molecular flexibility index (Phi) is 10.5. The highest BCUT2D eigenvalue weighted by Gasteiger charge is 2.23. The van der Waals surface area contributed by atoms with Crippen LogP contribution in [0.4, 0.5) is 5.69 Å². The Hall–Kier alpha value is -3.26. The highest BCUT2D eigenvalue weighted by atomic mass is 35.5. The van der Waals surface area contributed by atoms with Crippen LogP contribution in [0.1, 0.15) is 61.3 Å². The van der Waals surface area contributed by atoms with Gasteiger partial charge in [-0.1, -0.05) is 48.5 Å². The van der Waals surface area contributed by atoms with Crippen molar-refractivity contribution in [1.82, 2.24) is 4.90 Å². The molecule has 9 heteroatoms. The second-order valence-electron chi connectivity index (χ2n) is 10.5. The Morgan fingerprint density at radius 3 is 2.32 bits per heavy atom. The molecular weight excluding hydrogens is 563 g/mol. The molecule has 0 heterocycles. The first-order valence-electron chi connectivity index (χ1n) is 13.9. The van der Waals surface area contributed by atoms with Crippen molar-refractivity contribution in [3.63, 3.8) is 0 Å². The van der Waals surface area contributed by atoms with Crippen LogP contribution in [0.25, 0.3) is 0 Å². The van der Waals surface area contributed by atoms with Crippen LogP contribution in [0.15, 0.2) is 48.5 Å². The van der Waals surface area contributed by atoms with Gasteiger partial charge in [-0.15, -0.1) is 0 Å². The number of nitrogens with zero attached hydrogens (tertiary/aromatic N) is 1. The molecule has 0 unspecified atom stereocenters. The summed E-state index contributed by atoms with van der Waals surface area (Å²) in [7, 11) is 0. The molecular formula is C32H36Cl2N2O5. The zero-order valence-electron chi connectivity index (χ0n) is 23.6. The number of aryl methyl sites for hydroxylation is 2. The minimum Gasteiger partial charge on any atom is -0.508 e. The first-order valence-corrected chi connectivity index (χ1v) is 14.7. The lowest BCUT2D eigenvalue weighted by molar-refractivity contribution is -0.152. The summed E-state index contributed by atoms with van der Waals surface area (Å²) < 4.78 is 11.0. The fourth-order valence-electron chi connectivity index (χ4n) is 5.28. The van der Waals surface area contributed by atoms with E-state index < -0.39 is 11.9 Å². The molecule has 1 amide bonds. The van der Waals surface area contributed by atoms with Crippen molar-refractivity contribution in [2.45, 2.75) is 72.0 Å². The molecule has 0 saturated heterocycles. The number of amides is 1. The van der Waals surface area contributed by atoms with Crippen molar-refractivity contribution >= 4 is 40.8 Å². The number of rotatable bonds is 9. The zero-order valence-corrected chi connectivity index (χ0v) is 25.1. The van der Waals surface area contributed by atoms with Gasteiger partial charge in [0, 0.05) is 30.4 Å². The van der Waals surface area contributed by atoms with Gasteiger partial charge in [-0.2, -0.15) is 0 Å². The normalized spacial score (nSPS) is 13.7. The van der Waals surface area contributed by atoms with E-state index in [-0.39, 0.29) is 12.4 Å². The monoisotopic (exact) mass is 598 g/mol. The van der Waals surface area contributed by atoms with Crippen LogP contribution in [-0.2, 0) is 27.4 Å². The number of hydrogen-bond acceptors (Lipinski definition) is 6. The lowest BCUT2D eigenvalue weighted by Crippen LogP contribution is -2.35. The summed E-state index contributed by atoms with van der Waals surface area (Å²) in [6.45, 7) is 6.73. The highest BCUT2D eigenvalue weighted by Crippen LogP contribution is 2.35. The fraction of sp³-hybridized carbons (Fsp3) is 0.375. The maximum atomic E-state index is 12.1. The number of halogens is 2. The molecule has 3 aromatic carbocycles. The molecule has 41 heavy (non-hydrogen) atoms. The minimum absolute atomic E-state index is 0.125. The summed E-state index contributed by atoms with van der Waals surface area (Å²) in [5.74, 6) is -0.328. The van der Waals surface area contributed by atoms with Crippen molar-refractivity contribution in [1.29, 1.82) is 0 Å². The van der Waals surface area contributed by atoms with Gasteiger partial charge in [0.25, 0.3) is 0 Å². The smallest absolute Gasteiger partial charge is 0.397 e. The number of aromatic hydroxyl groups is 1. The number of phenols is 1. The van der Waals surface area contributed by atoms with Crippen molar-refractivity contribution < 1.29 is 24.2 Å². The van der Waals surface area contributed by atoms with Crippen LogP contribution in [0.2, 0.25) is 10.0 Å². The second-order valence-corrected chi connectivity index (χ2v) is 11.3. The van der Waals surface area contributed by atoms with Gasteiger partial charge in [-0.3, -0.25) is 9.69 Å². The largest absolute Gasteiger partial charge is 0.508 e. The lowest BCUT2D eigenvalue weighted by atomic mass is 9.93. The van der Waals surface area contributed by atoms with Gasteiger partial charge in [0.15, 0.2) is 0 Å². The summed E-state index contributed by atoms with van der Waals surface area (Å²) in [6, 6.07) is 14.9. The number of anilines is 1. The first kappa shape index (κ1) is 30.7. The third-order valence-electron chi connectivity index (χ3n) is 7.28. The molecule has 2 N–H and O–H groups in total. The molecule has 0 spiro atoms. The third kappa shape index (κ3) is 8.15. The molecule has 7 nitrogen and oxygen atoms in total. The quantitative estimate of drug-likeness (QED) is 0.192. The van der Waals surface area contributed by atoms with Crippen molar-refractivity contribution in [3.8, 4) is 17.2 Å². The van der Waals surface area contributed by atoms with Gasteiger partial charge < -0.3 is 19.9 Å². The summed E-state index contributed by atoms with van der Waals surface area (Å²) in [5, 5.41) is 14.4. The highest BCUT2D eigenvalue weighted by molar-refractivity contribution is 6.42. The van der Waals surface area contributed by atoms with E-state index in [1.807, 2.05) is 38.1 Å². The number of benzene rings is 3. The average Bonchev–Trinajstić information content (AvgIpc) is 2.94. The maximum Gasteiger partial charge on any atom is 0.397 e. The van der Waals surface area contributed by atoms with E-state index in [0.29, 0.717) is 46.4 Å². The van der Waals surface area contributed by atoms with E-state index in [4.69, 9.17) is 32.7 Å². The lowest BCUT2D eigenvalue weighted by Gasteiger charge is -2.34. The minimum atomic E-state index is -0.929. The standard InChI is InChI=1S/C32H36Cl2N2O5/c1-4-40-32(39)31(38)35-24-14-20(2)30(21(3)15-24)41-26-11-13-29(37)23(17-26)19-36(25-8-6-5-7-9-25)18-22-10-12-27(33)28(34)16-22/h10-17,25,37H,4-9,18-19H2,1-3H3,(H,35,38). The molecule has 0 bridgehead atoms. The molecule has 0 aliphatic heterocycles. The molecule has 1 aliphatic carbocycles. The Morgan fingerprint density at radius 2 is 1.66 bits per heavy atom.